The van der Waals surface area contributed by atoms with Crippen LogP contribution in [0.2, 0.25) is 0 Å². The second-order valence-corrected chi connectivity index (χ2v) is 4.37. The lowest BCUT2D eigenvalue weighted by atomic mass is 10.1. The summed E-state index contributed by atoms with van der Waals surface area (Å²) in [5.74, 6) is 0.808. The van der Waals surface area contributed by atoms with E-state index in [0.29, 0.717) is 5.75 Å². The van der Waals surface area contributed by atoms with Crippen molar-refractivity contribution >= 4 is 12.0 Å². The zero-order chi connectivity index (χ0) is 15.8. The van der Waals surface area contributed by atoms with Crippen LogP contribution in [0.4, 0.5) is 0 Å². The molecular weight excluding hydrogens is 278 g/mol. The van der Waals surface area contributed by atoms with Crippen LogP contribution in [0.15, 0.2) is 60.2 Å². The number of nitriles is 1. The number of para-hydroxylation sites is 1. The zero-order valence-electron chi connectivity index (χ0n) is 12.2. The van der Waals surface area contributed by atoms with Gasteiger partial charge in [0, 0.05) is 0 Å². The Labute approximate surface area is 129 Å². The summed E-state index contributed by atoms with van der Waals surface area (Å²) in [6, 6.07) is 18.4. The molecule has 0 fully saturated rings. The van der Waals surface area contributed by atoms with Crippen LogP contribution in [-0.4, -0.2) is 12.6 Å². The van der Waals surface area contributed by atoms with E-state index in [2.05, 4.69) is 0 Å². The molecule has 2 aromatic carbocycles. The third-order valence-electron chi connectivity index (χ3n) is 2.79. The lowest BCUT2D eigenvalue weighted by Gasteiger charge is -2.05. The Balaban J connectivity index is 2.11. The molecule has 22 heavy (non-hydrogen) atoms. The molecule has 0 heterocycles. The van der Waals surface area contributed by atoms with Crippen molar-refractivity contribution in [2.45, 2.75) is 6.92 Å². The Morgan fingerprint density at radius 3 is 2.32 bits per heavy atom. The molecule has 0 aliphatic rings. The predicted octanol–water partition coefficient (Wildman–Crippen LogP) is 3.95. The first kappa shape index (κ1) is 15.3. The maximum absolute atomic E-state index is 11.5. The molecule has 110 valence electrons. The van der Waals surface area contributed by atoms with E-state index in [1.54, 1.807) is 31.2 Å². The van der Waals surface area contributed by atoms with Crippen molar-refractivity contribution in [3.63, 3.8) is 0 Å². The number of ether oxygens (including phenoxy) is 2. The number of carbonyl (C=O) groups is 1. The molecule has 0 atom stereocenters. The Hall–Kier alpha value is -3.06. The number of rotatable bonds is 5. The number of benzene rings is 2. The lowest BCUT2D eigenvalue weighted by molar-refractivity contribution is -0.137. The van der Waals surface area contributed by atoms with Gasteiger partial charge in [-0.15, -0.1) is 0 Å². The SMILES string of the molecule is CCOC(=O)C(C#N)=Cc1ccc(Oc2ccccc2)cc1. The van der Waals surface area contributed by atoms with Crippen LogP contribution in [0.5, 0.6) is 11.5 Å². The van der Waals surface area contributed by atoms with E-state index in [1.165, 1.54) is 6.08 Å². The number of esters is 1. The van der Waals surface area contributed by atoms with E-state index < -0.39 is 5.97 Å². The average Bonchev–Trinajstić information content (AvgIpc) is 2.55. The molecule has 0 aromatic heterocycles. The van der Waals surface area contributed by atoms with Crippen LogP contribution in [-0.2, 0) is 9.53 Å². The molecular formula is C18H15NO3. The molecule has 0 spiro atoms. The fourth-order valence-corrected chi connectivity index (χ4v) is 1.77. The first-order valence-electron chi connectivity index (χ1n) is 6.85. The van der Waals surface area contributed by atoms with Crippen molar-refractivity contribution in [2.24, 2.45) is 0 Å². The van der Waals surface area contributed by atoms with Gasteiger partial charge in [0.15, 0.2) is 0 Å². The Bertz CT molecular complexity index is 697. The normalized spacial score (nSPS) is 10.6. The molecule has 0 aliphatic carbocycles. The molecule has 0 unspecified atom stereocenters. The highest BCUT2D eigenvalue weighted by Gasteiger charge is 2.09. The zero-order valence-corrected chi connectivity index (χ0v) is 12.2. The molecule has 0 saturated heterocycles. The lowest BCUT2D eigenvalue weighted by Crippen LogP contribution is -2.05. The van der Waals surface area contributed by atoms with Crippen LogP contribution in [0.25, 0.3) is 6.08 Å². The van der Waals surface area contributed by atoms with Gasteiger partial charge in [0.2, 0.25) is 0 Å². The molecule has 2 aromatic rings. The number of hydrogen-bond acceptors (Lipinski definition) is 4. The van der Waals surface area contributed by atoms with Crippen molar-refractivity contribution in [1.29, 1.82) is 5.26 Å². The van der Waals surface area contributed by atoms with Gasteiger partial charge < -0.3 is 9.47 Å². The van der Waals surface area contributed by atoms with Crippen molar-refractivity contribution in [2.75, 3.05) is 6.61 Å². The van der Waals surface area contributed by atoms with Crippen LogP contribution in [0, 0.1) is 11.3 Å². The number of hydrogen-bond donors (Lipinski definition) is 0. The van der Waals surface area contributed by atoms with E-state index in [0.717, 1.165) is 11.3 Å². The van der Waals surface area contributed by atoms with E-state index >= 15 is 0 Å². The monoisotopic (exact) mass is 293 g/mol. The minimum Gasteiger partial charge on any atom is -0.462 e. The Morgan fingerprint density at radius 2 is 1.73 bits per heavy atom. The van der Waals surface area contributed by atoms with Crippen molar-refractivity contribution in [1.82, 2.24) is 0 Å². The van der Waals surface area contributed by atoms with Crippen LogP contribution < -0.4 is 4.74 Å². The summed E-state index contributed by atoms with van der Waals surface area (Å²) in [5.41, 5.74) is 0.698. The molecule has 0 amide bonds. The quantitative estimate of drug-likeness (QED) is 0.476. The van der Waals surface area contributed by atoms with Gasteiger partial charge in [0.05, 0.1) is 6.61 Å². The molecule has 0 bridgehead atoms. The summed E-state index contributed by atoms with van der Waals surface area (Å²) in [6.07, 6.45) is 1.49. The third kappa shape index (κ3) is 4.22. The van der Waals surface area contributed by atoms with E-state index in [4.69, 9.17) is 14.7 Å². The summed E-state index contributed by atoms with van der Waals surface area (Å²) < 4.78 is 10.5. The van der Waals surface area contributed by atoms with E-state index in [9.17, 15) is 4.79 Å². The topological polar surface area (TPSA) is 59.3 Å². The summed E-state index contributed by atoms with van der Waals surface area (Å²) in [4.78, 5) is 11.5. The van der Waals surface area contributed by atoms with Crippen LogP contribution >= 0.6 is 0 Å². The minimum absolute atomic E-state index is 0.0291. The molecule has 0 N–H and O–H groups in total. The van der Waals surface area contributed by atoms with E-state index in [1.807, 2.05) is 36.4 Å². The van der Waals surface area contributed by atoms with Gasteiger partial charge >= 0.3 is 5.97 Å². The number of nitrogens with zero attached hydrogens (tertiary/aromatic N) is 1. The standard InChI is InChI=1S/C18H15NO3/c1-2-21-18(20)15(13-19)12-14-8-10-17(11-9-14)22-16-6-4-3-5-7-16/h3-12H,2H2,1H3. The van der Waals surface area contributed by atoms with Crippen LogP contribution in [0.1, 0.15) is 12.5 Å². The summed E-state index contributed by atoms with van der Waals surface area (Å²) >= 11 is 0. The van der Waals surface area contributed by atoms with Crippen molar-refractivity contribution in [3.05, 3.63) is 65.7 Å². The Morgan fingerprint density at radius 1 is 1.09 bits per heavy atom. The second kappa shape index (κ2) is 7.65. The average molecular weight is 293 g/mol. The first-order chi connectivity index (χ1) is 10.7. The maximum Gasteiger partial charge on any atom is 0.348 e. The van der Waals surface area contributed by atoms with Crippen molar-refractivity contribution in [3.8, 4) is 17.6 Å². The molecule has 0 radical (unpaired) electrons. The van der Waals surface area contributed by atoms with Gasteiger partial charge in [-0.05, 0) is 42.8 Å². The molecule has 2 rings (SSSR count). The molecule has 4 heteroatoms. The highest BCUT2D eigenvalue weighted by molar-refractivity contribution is 5.97. The molecule has 0 aliphatic heterocycles. The van der Waals surface area contributed by atoms with Crippen LogP contribution in [0.3, 0.4) is 0 Å². The smallest absolute Gasteiger partial charge is 0.348 e. The summed E-state index contributed by atoms with van der Waals surface area (Å²) in [5, 5.41) is 8.99. The van der Waals surface area contributed by atoms with Crippen molar-refractivity contribution < 1.29 is 14.3 Å². The maximum atomic E-state index is 11.5. The fraction of sp³-hybridized carbons (Fsp3) is 0.111. The van der Waals surface area contributed by atoms with Gasteiger partial charge in [-0.1, -0.05) is 30.3 Å². The largest absolute Gasteiger partial charge is 0.462 e. The fourth-order valence-electron chi connectivity index (χ4n) is 1.77. The van der Waals surface area contributed by atoms with Gasteiger partial charge in [-0.25, -0.2) is 4.79 Å². The highest BCUT2D eigenvalue weighted by atomic mass is 16.5. The van der Waals surface area contributed by atoms with Gasteiger partial charge in [-0.3, -0.25) is 0 Å². The summed E-state index contributed by atoms with van der Waals surface area (Å²) in [6.45, 7) is 1.93. The minimum atomic E-state index is -0.616. The second-order valence-electron chi connectivity index (χ2n) is 4.37. The number of carbonyl (C=O) groups excluding carboxylic acids is 1. The molecule has 4 nitrogen and oxygen atoms in total. The first-order valence-corrected chi connectivity index (χ1v) is 6.85. The summed E-state index contributed by atoms with van der Waals surface area (Å²) in [7, 11) is 0. The molecule has 0 saturated carbocycles. The van der Waals surface area contributed by atoms with E-state index in [-0.39, 0.29) is 12.2 Å². The highest BCUT2D eigenvalue weighted by Crippen LogP contribution is 2.21. The Kier molecular flexibility index (Phi) is 5.33. The van der Waals surface area contributed by atoms with Gasteiger partial charge in [-0.2, -0.15) is 5.26 Å². The van der Waals surface area contributed by atoms with Gasteiger partial charge in [0.1, 0.15) is 23.1 Å². The predicted molar refractivity (Wildman–Crippen MR) is 83.2 cm³/mol. The van der Waals surface area contributed by atoms with Gasteiger partial charge in [0.25, 0.3) is 0 Å². The third-order valence-corrected chi connectivity index (χ3v) is 2.79.